The van der Waals surface area contributed by atoms with E-state index in [-0.39, 0.29) is 18.3 Å². The Balaban J connectivity index is 1.88. The van der Waals surface area contributed by atoms with Crippen molar-refractivity contribution in [3.8, 4) is 16.8 Å². The molecule has 4 N–H and O–H groups in total. The highest BCUT2D eigenvalue weighted by molar-refractivity contribution is 6.04. The van der Waals surface area contributed by atoms with E-state index in [2.05, 4.69) is 9.55 Å². The number of nitrogens with two attached hydrogens (primary N) is 1. The van der Waals surface area contributed by atoms with Gasteiger partial charge in [0.1, 0.15) is 5.82 Å². The van der Waals surface area contributed by atoms with E-state index >= 15 is 0 Å². The maximum atomic E-state index is 13.8. The summed E-state index contributed by atoms with van der Waals surface area (Å²) in [5, 5.41) is 18.2. The Morgan fingerprint density at radius 1 is 1.15 bits per heavy atom. The SMILES string of the molecule is N=Cc1cc2c(cc1N)c(-c1ccc(CO)nc1)c(C1CCOCC1)n2-c1ccc(F)cc1. The van der Waals surface area contributed by atoms with Crippen LogP contribution in [0.15, 0.2) is 54.7 Å². The predicted octanol–water partition coefficient (Wildman–Crippen LogP) is 4.80. The number of pyridine rings is 1. The number of fused-ring (bicyclic) bond motifs is 1. The number of benzene rings is 2. The van der Waals surface area contributed by atoms with Crippen molar-refractivity contribution in [3.05, 3.63) is 77.5 Å². The van der Waals surface area contributed by atoms with Crippen molar-refractivity contribution < 1.29 is 14.2 Å². The standard InChI is InChI=1S/C26H25FN4O2/c27-19-2-5-21(6-3-19)31-24-11-18(13-28)23(29)12-22(24)25(17-1-4-20(15-32)30-14-17)26(31)16-7-9-33-10-8-16/h1-6,11-14,16,28,32H,7-10,15,29H2. The minimum atomic E-state index is -0.295. The number of rotatable bonds is 5. The van der Waals surface area contributed by atoms with E-state index in [1.54, 1.807) is 18.3 Å². The summed E-state index contributed by atoms with van der Waals surface area (Å²) in [6, 6.07) is 14.1. The lowest BCUT2D eigenvalue weighted by atomic mass is 9.90. The zero-order valence-corrected chi connectivity index (χ0v) is 18.1. The van der Waals surface area contributed by atoms with Crippen molar-refractivity contribution in [2.45, 2.75) is 25.4 Å². The number of hydrogen-bond acceptors (Lipinski definition) is 5. The second-order valence-corrected chi connectivity index (χ2v) is 8.30. The molecular weight excluding hydrogens is 419 g/mol. The summed E-state index contributed by atoms with van der Waals surface area (Å²) in [5.41, 5.74) is 12.8. The van der Waals surface area contributed by atoms with Gasteiger partial charge in [-0.1, -0.05) is 6.07 Å². The van der Waals surface area contributed by atoms with Gasteiger partial charge in [-0.3, -0.25) is 4.98 Å². The molecule has 0 spiro atoms. The number of aliphatic hydroxyl groups is 1. The van der Waals surface area contributed by atoms with E-state index in [4.69, 9.17) is 15.9 Å². The Kier molecular flexibility index (Phi) is 5.66. The molecule has 5 rings (SSSR count). The molecule has 0 aliphatic carbocycles. The number of nitrogens with one attached hydrogen (secondary N) is 1. The van der Waals surface area contributed by atoms with Gasteiger partial charge < -0.3 is 25.6 Å². The topological polar surface area (TPSA) is 97.2 Å². The Labute approximate surface area is 191 Å². The van der Waals surface area contributed by atoms with Crippen LogP contribution in [0.1, 0.15) is 35.7 Å². The lowest BCUT2D eigenvalue weighted by Crippen LogP contribution is -2.17. The molecule has 0 radical (unpaired) electrons. The molecule has 33 heavy (non-hydrogen) atoms. The van der Waals surface area contributed by atoms with E-state index in [1.165, 1.54) is 18.3 Å². The number of nitrogen functional groups attached to an aromatic ring is 1. The van der Waals surface area contributed by atoms with Gasteiger partial charge >= 0.3 is 0 Å². The summed E-state index contributed by atoms with van der Waals surface area (Å²) in [6.07, 6.45) is 4.75. The van der Waals surface area contributed by atoms with Gasteiger partial charge in [-0.25, -0.2) is 4.39 Å². The number of halogens is 1. The Morgan fingerprint density at radius 3 is 2.55 bits per heavy atom. The van der Waals surface area contributed by atoms with Crippen molar-refractivity contribution in [3.63, 3.8) is 0 Å². The minimum Gasteiger partial charge on any atom is -0.398 e. The quantitative estimate of drug-likeness (QED) is 0.304. The number of hydrogen-bond donors (Lipinski definition) is 3. The average molecular weight is 445 g/mol. The summed E-state index contributed by atoms with van der Waals surface area (Å²) in [4.78, 5) is 4.42. The molecule has 1 fully saturated rings. The fourth-order valence-corrected chi connectivity index (χ4v) is 4.71. The summed E-state index contributed by atoms with van der Waals surface area (Å²) in [7, 11) is 0. The van der Waals surface area contributed by atoms with Crippen LogP contribution in [0.4, 0.5) is 10.1 Å². The first-order chi connectivity index (χ1) is 16.1. The molecule has 3 heterocycles. The second kappa shape index (κ2) is 8.77. The fraction of sp³-hybridized carbons (Fsp3) is 0.231. The molecule has 0 atom stereocenters. The molecule has 1 aliphatic heterocycles. The van der Waals surface area contributed by atoms with Gasteiger partial charge in [0.15, 0.2) is 0 Å². The van der Waals surface area contributed by atoms with Gasteiger partial charge in [-0.05, 0) is 55.3 Å². The third-order valence-electron chi connectivity index (χ3n) is 6.33. The van der Waals surface area contributed by atoms with Crippen LogP contribution < -0.4 is 5.73 Å². The van der Waals surface area contributed by atoms with E-state index in [0.717, 1.165) is 46.3 Å². The van der Waals surface area contributed by atoms with Crippen LogP contribution in [0, 0.1) is 11.2 Å². The monoisotopic (exact) mass is 444 g/mol. The van der Waals surface area contributed by atoms with Crippen LogP contribution in [-0.4, -0.2) is 34.1 Å². The normalized spacial score (nSPS) is 14.6. The van der Waals surface area contributed by atoms with Crippen molar-refractivity contribution in [2.24, 2.45) is 0 Å². The first kappa shape index (κ1) is 21.3. The van der Waals surface area contributed by atoms with Crippen LogP contribution in [0.5, 0.6) is 0 Å². The number of anilines is 1. The molecule has 168 valence electrons. The number of ether oxygens (including phenoxy) is 1. The minimum absolute atomic E-state index is 0.125. The molecule has 0 saturated carbocycles. The summed E-state index contributed by atoms with van der Waals surface area (Å²) in [5.74, 6) is -0.0790. The number of nitrogens with zero attached hydrogens (tertiary/aromatic N) is 2. The highest BCUT2D eigenvalue weighted by Gasteiger charge is 2.28. The molecule has 6 nitrogen and oxygen atoms in total. The smallest absolute Gasteiger partial charge is 0.123 e. The first-order valence-electron chi connectivity index (χ1n) is 11.0. The molecule has 0 amide bonds. The highest BCUT2D eigenvalue weighted by atomic mass is 19.1. The van der Waals surface area contributed by atoms with Gasteiger partial charge in [-0.2, -0.15) is 0 Å². The van der Waals surface area contributed by atoms with Gasteiger partial charge in [-0.15, -0.1) is 0 Å². The first-order valence-corrected chi connectivity index (χ1v) is 11.0. The van der Waals surface area contributed by atoms with Crippen molar-refractivity contribution in [2.75, 3.05) is 18.9 Å². The van der Waals surface area contributed by atoms with E-state index in [0.29, 0.717) is 30.2 Å². The van der Waals surface area contributed by atoms with Crippen molar-refractivity contribution in [1.82, 2.24) is 9.55 Å². The van der Waals surface area contributed by atoms with Crippen LogP contribution in [0.2, 0.25) is 0 Å². The molecule has 2 aromatic heterocycles. The fourth-order valence-electron chi connectivity index (χ4n) is 4.71. The van der Waals surface area contributed by atoms with Crippen LogP contribution in [0.3, 0.4) is 0 Å². The van der Waals surface area contributed by atoms with Crippen LogP contribution >= 0.6 is 0 Å². The molecule has 2 aromatic carbocycles. The molecule has 7 heteroatoms. The summed E-state index contributed by atoms with van der Waals surface area (Å²) in [6.45, 7) is 1.22. The lowest BCUT2D eigenvalue weighted by molar-refractivity contribution is 0.0843. The van der Waals surface area contributed by atoms with Gasteiger partial charge in [0.2, 0.25) is 0 Å². The Morgan fingerprint density at radius 2 is 1.91 bits per heavy atom. The van der Waals surface area contributed by atoms with Gasteiger partial charge in [0, 0.05) is 70.7 Å². The lowest BCUT2D eigenvalue weighted by Gasteiger charge is -2.25. The Hall–Kier alpha value is -3.55. The molecular formula is C26H25FN4O2. The van der Waals surface area contributed by atoms with Crippen molar-refractivity contribution in [1.29, 1.82) is 5.41 Å². The average Bonchev–Trinajstić information content (AvgIpc) is 3.18. The zero-order chi connectivity index (χ0) is 22.9. The zero-order valence-electron chi connectivity index (χ0n) is 18.1. The van der Waals surface area contributed by atoms with E-state index in [1.807, 2.05) is 24.3 Å². The second-order valence-electron chi connectivity index (χ2n) is 8.30. The molecule has 1 aliphatic rings. The van der Waals surface area contributed by atoms with Crippen LogP contribution in [0.25, 0.3) is 27.7 Å². The number of aliphatic hydroxyl groups excluding tert-OH is 1. The maximum absolute atomic E-state index is 13.8. The van der Waals surface area contributed by atoms with Gasteiger partial charge in [0.05, 0.1) is 17.8 Å². The molecule has 0 unspecified atom stereocenters. The van der Waals surface area contributed by atoms with Gasteiger partial charge in [0.25, 0.3) is 0 Å². The molecule has 4 aromatic rings. The highest BCUT2D eigenvalue weighted by Crippen LogP contribution is 2.44. The molecule has 1 saturated heterocycles. The third-order valence-corrected chi connectivity index (χ3v) is 6.33. The van der Waals surface area contributed by atoms with E-state index in [9.17, 15) is 9.50 Å². The maximum Gasteiger partial charge on any atom is 0.123 e. The third kappa shape index (κ3) is 3.79. The molecule has 0 bridgehead atoms. The van der Waals surface area contributed by atoms with Crippen molar-refractivity contribution >= 4 is 22.8 Å². The summed E-state index contributed by atoms with van der Waals surface area (Å²) < 4.78 is 21.6. The predicted molar refractivity (Wildman–Crippen MR) is 127 cm³/mol. The van der Waals surface area contributed by atoms with Crippen LogP contribution in [-0.2, 0) is 11.3 Å². The van der Waals surface area contributed by atoms with E-state index < -0.39 is 0 Å². The number of aromatic nitrogens is 2. The Bertz CT molecular complexity index is 1310. The largest absolute Gasteiger partial charge is 0.398 e. The summed E-state index contributed by atoms with van der Waals surface area (Å²) >= 11 is 0.